The van der Waals surface area contributed by atoms with E-state index in [2.05, 4.69) is 59.2 Å². The normalized spacial score (nSPS) is 10.8. The Balaban J connectivity index is 1.74. The second-order valence-electron chi connectivity index (χ2n) is 4.74. The predicted molar refractivity (Wildman–Crippen MR) is 86.3 cm³/mol. The molecule has 3 rings (SSSR count). The Hall–Kier alpha value is -1.84. The highest BCUT2D eigenvalue weighted by Gasteiger charge is 2.03. The lowest BCUT2D eigenvalue weighted by Gasteiger charge is -2.08. The molecule has 1 N–H and O–H groups in total. The van der Waals surface area contributed by atoms with E-state index < -0.39 is 0 Å². The van der Waals surface area contributed by atoms with Crippen LogP contribution in [0.4, 0.5) is 5.69 Å². The molecule has 0 saturated carbocycles. The number of benzene rings is 2. The van der Waals surface area contributed by atoms with Crippen molar-refractivity contribution in [3.05, 3.63) is 65.0 Å². The Bertz CT molecular complexity index is 705. The van der Waals surface area contributed by atoms with Crippen molar-refractivity contribution in [2.24, 2.45) is 0 Å². The molecule has 3 heteroatoms. The predicted octanol–water partition coefficient (Wildman–Crippen LogP) is 4.66. The van der Waals surface area contributed by atoms with Crippen LogP contribution in [0, 0.1) is 0 Å². The van der Waals surface area contributed by atoms with Crippen LogP contribution < -0.4 is 5.32 Å². The van der Waals surface area contributed by atoms with Gasteiger partial charge in [0.05, 0.1) is 6.61 Å². The van der Waals surface area contributed by atoms with Gasteiger partial charge in [-0.1, -0.05) is 30.3 Å². The molecule has 0 saturated heterocycles. The molecule has 20 heavy (non-hydrogen) atoms. The van der Waals surface area contributed by atoms with Gasteiger partial charge in [-0.2, -0.15) is 0 Å². The number of anilines is 1. The Morgan fingerprint density at radius 2 is 2.00 bits per heavy atom. The summed E-state index contributed by atoms with van der Waals surface area (Å²) in [7, 11) is 1.72. The molecule has 0 radical (unpaired) electrons. The van der Waals surface area contributed by atoms with Gasteiger partial charge in [-0.05, 0) is 40.1 Å². The highest BCUT2D eigenvalue weighted by Crippen LogP contribution is 2.26. The smallest absolute Gasteiger partial charge is 0.0713 e. The first-order chi connectivity index (χ1) is 9.86. The van der Waals surface area contributed by atoms with E-state index in [9.17, 15) is 0 Å². The molecule has 0 aliphatic carbocycles. The molecule has 0 spiro atoms. The number of hydrogen-bond donors (Lipinski definition) is 1. The minimum absolute atomic E-state index is 0.650. The highest BCUT2D eigenvalue weighted by molar-refractivity contribution is 7.17. The molecule has 1 aromatic heterocycles. The van der Waals surface area contributed by atoms with Gasteiger partial charge in [0.15, 0.2) is 0 Å². The van der Waals surface area contributed by atoms with Crippen LogP contribution in [0.5, 0.6) is 0 Å². The molecule has 2 nitrogen and oxygen atoms in total. The number of fused-ring (bicyclic) bond motifs is 1. The summed E-state index contributed by atoms with van der Waals surface area (Å²) in [5.74, 6) is 0. The third-order valence-electron chi connectivity index (χ3n) is 3.28. The summed E-state index contributed by atoms with van der Waals surface area (Å²) in [4.78, 5) is 0. The second-order valence-corrected chi connectivity index (χ2v) is 5.66. The zero-order valence-corrected chi connectivity index (χ0v) is 12.2. The molecule has 0 aliphatic rings. The van der Waals surface area contributed by atoms with Gasteiger partial charge < -0.3 is 10.1 Å². The van der Waals surface area contributed by atoms with E-state index in [1.54, 1.807) is 18.4 Å². The van der Waals surface area contributed by atoms with Crippen LogP contribution in [0.3, 0.4) is 0 Å². The molecule has 0 aliphatic heterocycles. The first-order valence-electron chi connectivity index (χ1n) is 6.63. The van der Waals surface area contributed by atoms with Crippen molar-refractivity contribution in [2.75, 3.05) is 12.4 Å². The topological polar surface area (TPSA) is 21.3 Å². The standard InChI is InChI=1S/C17H17NOS/c1-19-11-13-5-4-6-15(9-13)18-10-14-12-20-17-8-3-2-7-16(14)17/h2-9,12,18H,10-11H2,1H3. The van der Waals surface area contributed by atoms with E-state index in [-0.39, 0.29) is 0 Å². The number of thiophene rings is 1. The van der Waals surface area contributed by atoms with Crippen molar-refractivity contribution >= 4 is 27.1 Å². The van der Waals surface area contributed by atoms with Crippen molar-refractivity contribution in [2.45, 2.75) is 13.2 Å². The summed E-state index contributed by atoms with van der Waals surface area (Å²) in [6.07, 6.45) is 0. The minimum atomic E-state index is 0.650. The van der Waals surface area contributed by atoms with Gasteiger partial charge in [0.2, 0.25) is 0 Å². The lowest BCUT2D eigenvalue weighted by atomic mass is 10.1. The van der Waals surface area contributed by atoms with E-state index in [1.165, 1.54) is 21.2 Å². The fraction of sp³-hybridized carbons (Fsp3) is 0.176. The monoisotopic (exact) mass is 283 g/mol. The average molecular weight is 283 g/mol. The number of hydrogen-bond acceptors (Lipinski definition) is 3. The molecule has 0 atom stereocenters. The van der Waals surface area contributed by atoms with E-state index in [4.69, 9.17) is 4.74 Å². The van der Waals surface area contributed by atoms with Crippen molar-refractivity contribution < 1.29 is 4.74 Å². The summed E-state index contributed by atoms with van der Waals surface area (Å²) in [5, 5.41) is 7.07. The lowest BCUT2D eigenvalue weighted by Crippen LogP contribution is -1.99. The van der Waals surface area contributed by atoms with Crippen molar-refractivity contribution in [3.8, 4) is 0 Å². The van der Waals surface area contributed by atoms with Crippen LogP contribution in [0.1, 0.15) is 11.1 Å². The molecule has 3 aromatic rings. The van der Waals surface area contributed by atoms with E-state index in [0.717, 1.165) is 12.2 Å². The van der Waals surface area contributed by atoms with Crippen molar-refractivity contribution in [3.63, 3.8) is 0 Å². The molecular weight excluding hydrogens is 266 g/mol. The molecule has 102 valence electrons. The SMILES string of the molecule is COCc1cccc(NCc2csc3ccccc23)c1. The van der Waals surface area contributed by atoms with E-state index in [1.807, 2.05) is 0 Å². The van der Waals surface area contributed by atoms with Crippen LogP contribution in [0.15, 0.2) is 53.9 Å². The molecular formula is C17H17NOS. The fourth-order valence-electron chi connectivity index (χ4n) is 2.30. The van der Waals surface area contributed by atoms with E-state index in [0.29, 0.717) is 6.61 Å². The zero-order chi connectivity index (χ0) is 13.8. The quantitative estimate of drug-likeness (QED) is 0.735. The molecule has 0 fully saturated rings. The van der Waals surface area contributed by atoms with Crippen molar-refractivity contribution in [1.82, 2.24) is 0 Å². The highest BCUT2D eigenvalue weighted by atomic mass is 32.1. The Labute approximate surface area is 123 Å². The maximum Gasteiger partial charge on any atom is 0.0713 e. The van der Waals surface area contributed by atoms with Crippen molar-refractivity contribution in [1.29, 1.82) is 0 Å². The maximum atomic E-state index is 5.16. The number of methoxy groups -OCH3 is 1. The van der Waals surface area contributed by atoms with Gasteiger partial charge in [0, 0.05) is 24.0 Å². The van der Waals surface area contributed by atoms with Crippen LogP contribution in [0.2, 0.25) is 0 Å². The molecule has 0 bridgehead atoms. The van der Waals surface area contributed by atoms with Gasteiger partial charge >= 0.3 is 0 Å². The summed E-state index contributed by atoms with van der Waals surface area (Å²) < 4.78 is 6.51. The minimum Gasteiger partial charge on any atom is -0.381 e. The number of ether oxygens (including phenoxy) is 1. The average Bonchev–Trinajstić information content (AvgIpc) is 2.89. The molecule has 0 amide bonds. The largest absolute Gasteiger partial charge is 0.381 e. The lowest BCUT2D eigenvalue weighted by molar-refractivity contribution is 0.185. The first-order valence-corrected chi connectivity index (χ1v) is 7.51. The van der Waals surface area contributed by atoms with Crippen LogP contribution >= 0.6 is 11.3 Å². The fourth-order valence-corrected chi connectivity index (χ4v) is 3.27. The summed E-state index contributed by atoms with van der Waals surface area (Å²) in [6.45, 7) is 1.50. The van der Waals surface area contributed by atoms with Crippen LogP contribution in [0.25, 0.3) is 10.1 Å². The van der Waals surface area contributed by atoms with E-state index >= 15 is 0 Å². The Morgan fingerprint density at radius 3 is 2.90 bits per heavy atom. The Kier molecular flexibility index (Phi) is 4.00. The van der Waals surface area contributed by atoms with Crippen LogP contribution in [-0.4, -0.2) is 7.11 Å². The van der Waals surface area contributed by atoms with Gasteiger partial charge in [0.1, 0.15) is 0 Å². The first kappa shape index (κ1) is 13.2. The van der Waals surface area contributed by atoms with Gasteiger partial charge in [0.25, 0.3) is 0 Å². The summed E-state index contributed by atoms with van der Waals surface area (Å²) >= 11 is 1.80. The second kappa shape index (κ2) is 6.07. The van der Waals surface area contributed by atoms with Gasteiger partial charge in [-0.25, -0.2) is 0 Å². The molecule has 1 heterocycles. The third kappa shape index (κ3) is 2.84. The molecule has 0 unspecified atom stereocenters. The maximum absolute atomic E-state index is 5.16. The van der Waals surface area contributed by atoms with Gasteiger partial charge in [-0.3, -0.25) is 0 Å². The summed E-state index contributed by atoms with van der Waals surface area (Å²) in [5.41, 5.74) is 3.67. The number of nitrogens with one attached hydrogen (secondary N) is 1. The Morgan fingerprint density at radius 1 is 1.10 bits per heavy atom. The molecule has 2 aromatic carbocycles. The van der Waals surface area contributed by atoms with Crippen LogP contribution in [-0.2, 0) is 17.9 Å². The summed E-state index contributed by atoms with van der Waals surface area (Å²) in [6, 6.07) is 16.9. The van der Waals surface area contributed by atoms with Gasteiger partial charge in [-0.15, -0.1) is 11.3 Å². The zero-order valence-electron chi connectivity index (χ0n) is 11.4. The third-order valence-corrected chi connectivity index (χ3v) is 4.29. The number of rotatable bonds is 5.